The Morgan fingerprint density at radius 3 is 2.67 bits per heavy atom. The molecule has 1 heterocycles. The summed E-state index contributed by atoms with van der Waals surface area (Å²) in [5.74, 6) is -0.0275. The standard InChI is InChI=1S/C13H12Br2N2O/c1-2-7-17-12(11(15)8-16-17)13(18)9-5-3-4-6-10(9)14/h3-6,8H,2,7H2,1H3. The molecule has 1 aromatic heterocycles. The maximum Gasteiger partial charge on any atom is 0.213 e. The summed E-state index contributed by atoms with van der Waals surface area (Å²) in [4.78, 5) is 12.5. The van der Waals surface area contributed by atoms with Crippen molar-refractivity contribution in [3.63, 3.8) is 0 Å². The molecule has 0 saturated carbocycles. The van der Waals surface area contributed by atoms with Crippen LogP contribution < -0.4 is 0 Å². The van der Waals surface area contributed by atoms with E-state index in [9.17, 15) is 4.79 Å². The highest BCUT2D eigenvalue weighted by molar-refractivity contribution is 9.10. The molecule has 0 N–H and O–H groups in total. The van der Waals surface area contributed by atoms with Crippen molar-refractivity contribution < 1.29 is 4.79 Å². The molecule has 94 valence electrons. The van der Waals surface area contributed by atoms with Crippen molar-refractivity contribution in [2.24, 2.45) is 0 Å². The predicted octanol–water partition coefficient (Wildman–Crippen LogP) is 4.05. The average Bonchev–Trinajstić information content (AvgIpc) is 2.71. The third kappa shape index (κ3) is 2.57. The largest absolute Gasteiger partial charge is 0.287 e. The topological polar surface area (TPSA) is 34.9 Å². The van der Waals surface area contributed by atoms with Crippen LogP contribution in [0.5, 0.6) is 0 Å². The van der Waals surface area contributed by atoms with Crippen LogP contribution >= 0.6 is 31.9 Å². The van der Waals surface area contributed by atoms with Gasteiger partial charge >= 0.3 is 0 Å². The first-order chi connectivity index (χ1) is 8.65. The highest BCUT2D eigenvalue weighted by atomic mass is 79.9. The summed E-state index contributed by atoms with van der Waals surface area (Å²) in [5.41, 5.74) is 1.25. The van der Waals surface area contributed by atoms with Crippen molar-refractivity contribution in [3.05, 3.63) is 50.7 Å². The van der Waals surface area contributed by atoms with Gasteiger partial charge in [0.15, 0.2) is 0 Å². The van der Waals surface area contributed by atoms with E-state index in [1.807, 2.05) is 24.3 Å². The van der Waals surface area contributed by atoms with E-state index in [1.165, 1.54) is 0 Å². The van der Waals surface area contributed by atoms with E-state index in [-0.39, 0.29) is 5.78 Å². The van der Waals surface area contributed by atoms with E-state index in [2.05, 4.69) is 43.9 Å². The molecule has 5 heteroatoms. The van der Waals surface area contributed by atoms with E-state index in [1.54, 1.807) is 10.9 Å². The lowest BCUT2D eigenvalue weighted by atomic mass is 10.1. The van der Waals surface area contributed by atoms with Crippen molar-refractivity contribution in [2.75, 3.05) is 0 Å². The number of aromatic nitrogens is 2. The maximum atomic E-state index is 12.5. The second-order valence-electron chi connectivity index (χ2n) is 3.87. The first kappa shape index (κ1) is 13.5. The van der Waals surface area contributed by atoms with Crippen LogP contribution in [0.3, 0.4) is 0 Å². The molecule has 0 bridgehead atoms. The molecule has 0 fully saturated rings. The van der Waals surface area contributed by atoms with Crippen LogP contribution in [0.2, 0.25) is 0 Å². The molecule has 0 radical (unpaired) electrons. The summed E-state index contributed by atoms with van der Waals surface area (Å²) in [7, 11) is 0. The van der Waals surface area contributed by atoms with Gasteiger partial charge in [-0.2, -0.15) is 5.10 Å². The number of hydrogen-bond donors (Lipinski definition) is 0. The van der Waals surface area contributed by atoms with Gasteiger partial charge in [0.1, 0.15) is 5.69 Å². The minimum atomic E-state index is -0.0275. The minimum absolute atomic E-state index is 0.0275. The quantitative estimate of drug-likeness (QED) is 0.760. The fourth-order valence-electron chi connectivity index (χ4n) is 1.74. The Morgan fingerprint density at radius 1 is 1.28 bits per heavy atom. The highest BCUT2D eigenvalue weighted by Gasteiger charge is 2.20. The minimum Gasteiger partial charge on any atom is -0.287 e. The Kier molecular flexibility index (Phi) is 4.35. The number of ketones is 1. The number of benzene rings is 1. The summed E-state index contributed by atoms with van der Waals surface area (Å²) in [6, 6.07) is 7.41. The van der Waals surface area contributed by atoms with E-state index in [4.69, 9.17) is 0 Å². The van der Waals surface area contributed by atoms with Gasteiger partial charge in [-0.25, -0.2) is 0 Å². The second-order valence-corrected chi connectivity index (χ2v) is 5.58. The van der Waals surface area contributed by atoms with Gasteiger partial charge in [0.05, 0.1) is 10.7 Å². The van der Waals surface area contributed by atoms with Crippen molar-refractivity contribution in [1.82, 2.24) is 9.78 Å². The SMILES string of the molecule is CCCn1ncc(Br)c1C(=O)c1ccccc1Br. The molecular formula is C13H12Br2N2O. The predicted molar refractivity (Wildman–Crippen MR) is 77.8 cm³/mol. The molecular weight excluding hydrogens is 360 g/mol. The first-order valence-corrected chi connectivity index (χ1v) is 7.24. The van der Waals surface area contributed by atoms with Gasteiger partial charge in [0.2, 0.25) is 5.78 Å². The van der Waals surface area contributed by atoms with Gasteiger partial charge in [0, 0.05) is 16.6 Å². The molecule has 0 spiro atoms. The van der Waals surface area contributed by atoms with Crippen molar-refractivity contribution in [2.45, 2.75) is 19.9 Å². The lowest BCUT2D eigenvalue weighted by molar-refractivity contribution is 0.102. The van der Waals surface area contributed by atoms with Crippen molar-refractivity contribution >= 4 is 37.6 Å². The van der Waals surface area contributed by atoms with Crippen LogP contribution in [0.25, 0.3) is 0 Å². The molecule has 0 amide bonds. The molecule has 0 aliphatic heterocycles. The van der Waals surface area contributed by atoms with Crippen LogP contribution in [0.15, 0.2) is 39.4 Å². The summed E-state index contributed by atoms with van der Waals surface area (Å²) in [6.07, 6.45) is 2.60. The van der Waals surface area contributed by atoms with Gasteiger partial charge in [-0.3, -0.25) is 9.48 Å². The molecule has 0 unspecified atom stereocenters. The molecule has 2 aromatic rings. The third-order valence-corrected chi connectivity index (χ3v) is 3.84. The molecule has 0 atom stereocenters. The normalized spacial score (nSPS) is 10.6. The second kappa shape index (κ2) is 5.80. The number of carbonyl (C=O) groups is 1. The number of nitrogens with zero attached hydrogens (tertiary/aromatic N) is 2. The van der Waals surface area contributed by atoms with Crippen LogP contribution in [-0.2, 0) is 6.54 Å². The summed E-state index contributed by atoms with van der Waals surface area (Å²) >= 11 is 6.79. The molecule has 1 aromatic carbocycles. The van der Waals surface area contributed by atoms with Crippen LogP contribution in [-0.4, -0.2) is 15.6 Å². The van der Waals surface area contributed by atoms with Gasteiger partial charge in [-0.05, 0) is 34.5 Å². The van der Waals surface area contributed by atoms with E-state index >= 15 is 0 Å². The average molecular weight is 372 g/mol. The van der Waals surface area contributed by atoms with Crippen molar-refractivity contribution in [1.29, 1.82) is 0 Å². The molecule has 0 aliphatic rings. The highest BCUT2D eigenvalue weighted by Crippen LogP contribution is 2.24. The van der Waals surface area contributed by atoms with Gasteiger partial charge in [0.25, 0.3) is 0 Å². The maximum absolute atomic E-state index is 12.5. The molecule has 0 saturated heterocycles. The molecule has 18 heavy (non-hydrogen) atoms. The van der Waals surface area contributed by atoms with Gasteiger partial charge < -0.3 is 0 Å². The Hall–Kier alpha value is -0.940. The van der Waals surface area contributed by atoms with Gasteiger partial charge in [-0.15, -0.1) is 0 Å². The summed E-state index contributed by atoms with van der Waals surface area (Å²) in [5, 5.41) is 4.22. The first-order valence-electron chi connectivity index (χ1n) is 5.65. The number of aryl methyl sites for hydroxylation is 1. The molecule has 2 rings (SSSR count). The lowest BCUT2D eigenvalue weighted by Crippen LogP contribution is -2.12. The fraction of sp³-hybridized carbons (Fsp3) is 0.231. The number of hydrogen-bond acceptors (Lipinski definition) is 2. The number of halogens is 2. The van der Waals surface area contributed by atoms with Gasteiger partial charge in [-0.1, -0.05) is 35.0 Å². The number of rotatable bonds is 4. The smallest absolute Gasteiger partial charge is 0.213 e. The molecule has 3 nitrogen and oxygen atoms in total. The fourth-order valence-corrected chi connectivity index (χ4v) is 2.68. The Morgan fingerprint density at radius 2 is 2.00 bits per heavy atom. The third-order valence-electron chi connectivity index (χ3n) is 2.56. The van der Waals surface area contributed by atoms with E-state index in [0.29, 0.717) is 11.3 Å². The zero-order chi connectivity index (χ0) is 13.1. The monoisotopic (exact) mass is 370 g/mol. The Bertz CT molecular complexity index is 578. The van der Waals surface area contributed by atoms with Crippen LogP contribution in [0, 0.1) is 0 Å². The van der Waals surface area contributed by atoms with Crippen molar-refractivity contribution in [3.8, 4) is 0 Å². The van der Waals surface area contributed by atoms with E-state index < -0.39 is 0 Å². The van der Waals surface area contributed by atoms with Crippen LogP contribution in [0.4, 0.5) is 0 Å². The van der Waals surface area contributed by atoms with E-state index in [0.717, 1.165) is 21.9 Å². The molecule has 0 aliphatic carbocycles. The summed E-state index contributed by atoms with van der Waals surface area (Å²) < 4.78 is 3.27. The zero-order valence-corrected chi connectivity index (χ0v) is 13.0. The van der Waals surface area contributed by atoms with Crippen LogP contribution in [0.1, 0.15) is 29.4 Å². The lowest BCUT2D eigenvalue weighted by Gasteiger charge is -2.07. The zero-order valence-electron chi connectivity index (χ0n) is 9.86. The number of carbonyl (C=O) groups excluding carboxylic acids is 1. The Balaban J connectivity index is 2.46. The summed E-state index contributed by atoms with van der Waals surface area (Å²) in [6.45, 7) is 2.79. The Labute approximate surface area is 122 Å².